The van der Waals surface area contributed by atoms with Gasteiger partial charge in [0.2, 0.25) is 0 Å². The number of azide groups is 1. The molecule has 1 aromatic carbocycles. The molecule has 1 aromatic rings. The third-order valence-corrected chi connectivity index (χ3v) is 2.91. The quantitative estimate of drug-likeness (QED) is 0.248. The first-order valence-electron chi connectivity index (χ1n) is 6.62. The van der Waals surface area contributed by atoms with E-state index >= 15 is 0 Å². The van der Waals surface area contributed by atoms with Gasteiger partial charge in [-0.05, 0) is 29.6 Å². The van der Waals surface area contributed by atoms with Crippen LogP contribution in [-0.4, -0.2) is 33.3 Å². The van der Waals surface area contributed by atoms with Crippen LogP contribution in [0.2, 0.25) is 0 Å². The Labute approximate surface area is 123 Å². The maximum absolute atomic E-state index is 11.9. The zero-order valence-electron chi connectivity index (χ0n) is 12.3. The normalized spacial score (nSPS) is 11.5. The molecular formula is C14H20N4O3. The molecule has 1 atom stereocenters. The fourth-order valence-corrected chi connectivity index (χ4v) is 1.87. The number of ether oxygens (including phenoxy) is 2. The van der Waals surface area contributed by atoms with Crippen LogP contribution in [0.4, 0.5) is 0 Å². The molecule has 0 aliphatic carbocycles. The Kier molecular flexibility index (Phi) is 7.89. The highest BCUT2D eigenvalue weighted by atomic mass is 16.5. The molecule has 1 unspecified atom stereocenters. The Bertz CT molecular complexity index is 483. The topological polar surface area (TPSA) is 96.3 Å². The number of hydrogen-bond acceptors (Lipinski definition) is 5. The first-order valence-corrected chi connectivity index (χ1v) is 6.62. The summed E-state index contributed by atoms with van der Waals surface area (Å²) >= 11 is 0. The molecule has 1 rings (SSSR count). The Morgan fingerprint density at radius 2 is 2.10 bits per heavy atom. The second-order valence-corrected chi connectivity index (χ2v) is 4.39. The number of benzene rings is 1. The zero-order valence-corrected chi connectivity index (χ0v) is 12.3. The smallest absolute Gasteiger partial charge is 0.327 e. The van der Waals surface area contributed by atoms with Crippen molar-refractivity contribution in [2.45, 2.75) is 19.1 Å². The van der Waals surface area contributed by atoms with Gasteiger partial charge in [-0.15, -0.1) is 0 Å². The van der Waals surface area contributed by atoms with Crippen molar-refractivity contribution in [1.82, 2.24) is 5.32 Å². The molecule has 0 fully saturated rings. The average molecular weight is 292 g/mol. The van der Waals surface area contributed by atoms with E-state index in [-0.39, 0.29) is 5.97 Å². The van der Waals surface area contributed by atoms with Crippen molar-refractivity contribution < 1.29 is 14.3 Å². The largest absolute Gasteiger partial charge is 0.468 e. The van der Waals surface area contributed by atoms with Crippen molar-refractivity contribution >= 4 is 5.97 Å². The minimum absolute atomic E-state index is 0.349. The summed E-state index contributed by atoms with van der Waals surface area (Å²) in [6, 6.07) is 7.04. The van der Waals surface area contributed by atoms with Gasteiger partial charge in [-0.3, -0.25) is 0 Å². The van der Waals surface area contributed by atoms with E-state index in [1.807, 2.05) is 24.3 Å². The molecule has 0 aliphatic rings. The SMILES string of the molecule is COCc1ccc(C(NCCCN=[N+]=[N-])C(=O)OC)cc1. The van der Waals surface area contributed by atoms with Crippen molar-refractivity contribution in [3.8, 4) is 0 Å². The number of methoxy groups -OCH3 is 2. The lowest BCUT2D eigenvalue weighted by Gasteiger charge is -2.17. The third-order valence-electron chi connectivity index (χ3n) is 2.91. The van der Waals surface area contributed by atoms with E-state index in [1.165, 1.54) is 7.11 Å². The second kappa shape index (κ2) is 9.77. The molecule has 114 valence electrons. The maximum atomic E-state index is 11.9. The standard InChI is InChI=1S/C14H20N4O3/c1-20-10-11-4-6-12(7-5-11)13(14(19)21-2)16-8-3-9-17-18-15/h4-7,13,16H,3,8-10H2,1-2H3. The summed E-state index contributed by atoms with van der Waals surface area (Å²) in [6.45, 7) is 1.48. The Morgan fingerprint density at radius 3 is 2.67 bits per heavy atom. The summed E-state index contributed by atoms with van der Waals surface area (Å²) in [5.41, 5.74) is 10.1. The van der Waals surface area contributed by atoms with Gasteiger partial charge in [-0.2, -0.15) is 0 Å². The molecule has 7 heteroatoms. The van der Waals surface area contributed by atoms with Crippen LogP contribution < -0.4 is 5.32 Å². The highest BCUT2D eigenvalue weighted by molar-refractivity contribution is 5.77. The molecule has 0 saturated heterocycles. The van der Waals surface area contributed by atoms with Crippen molar-refractivity contribution in [2.24, 2.45) is 5.11 Å². The molecular weight excluding hydrogens is 272 g/mol. The third kappa shape index (κ3) is 5.83. The predicted molar refractivity (Wildman–Crippen MR) is 78.5 cm³/mol. The molecule has 0 heterocycles. The van der Waals surface area contributed by atoms with E-state index in [4.69, 9.17) is 15.0 Å². The minimum Gasteiger partial charge on any atom is -0.468 e. The maximum Gasteiger partial charge on any atom is 0.327 e. The summed E-state index contributed by atoms with van der Waals surface area (Å²) in [5.74, 6) is -0.349. The number of rotatable bonds is 9. The zero-order chi connectivity index (χ0) is 15.5. The fourth-order valence-electron chi connectivity index (χ4n) is 1.87. The van der Waals surface area contributed by atoms with Crippen LogP contribution in [-0.2, 0) is 20.9 Å². The monoisotopic (exact) mass is 292 g/mol. The van der Waals surface area contributed by atoms with E-state index in [9.17, 15) is 4.79 Å². The van der Waals surface area contributed by atoms with E-state index in [1.54, 1.807) is 7.11 Å². The highest BCUT2D eigenvalue weighted by Crippen LogP contribution is 2.16. The van der Waals surface area contributed by atoms with E-state index in [0.29, 0.717) is 26.1 Å². The minimum atomic E-state index is -0.530. The summed E-state index contributed by atoms with van der Waals surface area (Å²) in [7, 11) is 2.99. The Balaban J connectivity index is 2.67. The molecule has 0 bridgehead atoms. The van der Waals surface area contributed by atoms with E-state index < -0.39 is 6.04 Å². The van der Waals surface area contributed by atoms with Crippen LogP contribution >= 0.6 is 0 Å². The van der Waals surface area contributed by atoms with E-state index in [0.717, 1.165) is 11.1 Å². The van der Waals surface area contributed by atoms with Gasteiger partial charge >= 0.3 is 5.97 Å². The van der Waals surface area contributed by atoms with Crippen LogP contribution in [0, 0.1) is 0 Å². The predicted octanol–water partition coefficient (Wildman–Crippen LogP) is 2.34. The van der Waals surface area contributed by atoms with Crippen molar-refractivity contribution in [3.63, 3.8) is 0 Å². The lowest BCUT2D eigenvalue weighted by molar-refractivity contribution is -0.143. The number of esters is 1. The molecule has 0 spiro atoms. The van der Waals surface area contributed by atoms with Gasteiger partial charge in [0.05, 0.1) is 13.7 Å². The number of carbonyl (C=O) groups is 1. The second-order valence-electron chi connectivity index (χ2n) is 4.39. The lowest BCUT2D eigenvalue weighted by Crippen LogP contribution is -2.30. The summed E-state index contributed by atoms with van der Waals surface area (Å²) in [6.07, 6.45) is 0.652. The van der Waals surface area contributed by atoms with Crippen LogP contribution in [0.5, 0.6) is 0 Å². The molecule has 21 heavy (non-hydrogen) atoms. The molecule has 7 nitrogen and oxygen atoms in total. The van der Waals surface area contributed by atoms with Gasteiger partial charge in [0, 0.05) is 18.6 Å². The Hall–Kier alpha value is -2.08. The van der Waals surface area contributed by atoms with E-state index in [2.05, 4.69) is 15.3 Å². The first-order chi connectivity index (χ1) is 10.2. The van der Waals surface area contributed by atoms with Crippen molar-refractivity contribution in [3.05, 3.63) is 45.8 Å². The van der Waals surface area contributed by atoms with Crippen molar-refractivity contribution in [2.75, 3.05) is 27.3 Å². The fraction of sp³-hybridized carbons (Fsp3) is 0.500. The molecule has 0 aliphatic heterocycles. The Morgan fingerprint density at radius 1 is 1.38 bits per heavy atom. The van der Waals surface area contributed by atoms with Gasteiger partial charge in [0.1, 0.15) is 6.04 Å². The number of hydrogen-bond donors (Lipinski definition) is 1. The van der Waals surface area contributed by atoms with Gasteiger partial charge in [-0.25, -0.2) is 4.79 Å². The van der Waals surface area contributed by atoms with Crippen LogP contribution in [0.25, 0.3) is 10.4 Å². The van der Waals surface area contributed by atoms with Gasteiger partial charge in [0.15, 0.2) is 0 Å². The molecule has 0 saturated carbocycles. The van der Waals surface area contributed by atoms with Crippen LogP contribution in [0.1, 0.15) is 23.6 Å². The van der Waals surface area contributed by atoms with Crippen LogP contribution in [0.3, 0.4) is 0 Å². The van der Waals surface area contributed by atoms with Gasteiger partial charge < -0.3 is 14.8 Å². The molecule has 0 aromatic heterocycles. The van der Waals surface area contributed by atoms with Crippen molar-refractivity contribution in [1.29, 1.82) is 0 Å². The summed E-state index contributed by atoms with van der Waals surface area (Å²) in [4.78, 5) is 14.5. The average Bonchev–Trinajstić information content (AvgIpc) is 2.51. The number of nitrogens with one attached hydrogen (secondary N) is 1. The van der Waals surface area contributed by atoms with Gasteiger partial charge in [0.25, 0.3) is 0 Å². The molecule has 0 radical (unpaired) electrons. The number of nitrogens with zero attached hydrogens (tertiary/aromatic N) is 3. The molecule has 1 N–H and O–H groups in total. The highest BCUT2D eigenvalue weighted by Gasteiger charge is 2.20. The summed E-state index contributed by atoms with van der Waals surface area (Å²) < 4.78 is 9.87. The van der Waals surface area contributed by atoms with Gasteiger partial charge in [-0.1, -0.05) is 29.4 Å². The lowest BCUT2D eigenvalue weighted by atomic mass is 10.0. The van der Waals surface area contributed by atoms with Crippen LogP contribution in [0.15, 0.2) is 29.4 Å². The first kappa shape index (κ1) is 17.0. The summed E-state index contributed by atoms with van der Waals surface area (Å²) in [5, 5.41) is 6.56. The molecule has 0 amide bonds. The number of carbonyl (C=O) groups excluding carboxylic acids is 1.